The van der Waals surface area contributed by atoms with Gasteiger partial charge < -0.3 is 14.4 Å². The molecule has 3 aromatic rings. The summed E-state index contributed by atoms with van der Waals surface area (Å²) in [6, 6.07) is 18.6. The molecular weight excluding hydrogens is 433 g/mol. The fraction of sp³-hybridized carbons (Fsp3) is 0.240. The number of amides is 1. The molecule has 0 bridgehead atoms. The van der Waals surface area contributed by atoms with Crippen LogP contribution in [0.4, 0.5) is 5.69 Å². The molecule has 0 spiro atoms. The van der Waals surface area contributed by atoms with Crippen molar-refractivity contribution in [3.63, 3.8) is 0 Å². The molecule has 1 aliphatic heterocycles. The quantitative estimate of drug-likeness (QED) is 0.440. The van der Waals surface area contributed by atoms with Crippen molar-refractivity contribution in [2.24, 2.45) is 0 Å². The largest absolute Gasteiger partial charge is 0.496 e. The predicted octanol–water partition coefficient (Wildman–Crippen LogP) is 6.25. The zero-order valence-corrected chi connectivity index (χ0v) is 19.1. The van der Waals surface area contributed by atoms with Gasteiger partial charge in [0.2, 0.25) is 5.91 Å². The van der Waals surface area contributed by atoms with Gasteiger partial charge in [-0.25, -0.2) is 0 Å². The Morgan fingerprint density at radius 3 is 2.48 bits per heavy atom. The van der Waals surface area contributed by atoms with Crippen LogP contribution in [-0.4, -0.2) is 19.6 Å². The summed E-state index contributed by atoms with van der Waals surface area (Å²) < 4.78 is 11.2. The molecule has 0 fully saturated rings. The lowest BCUT2D eigenvalue weighted by Crippen LogP contribution is -2.39. The summed E-state index contributed by atoms with van der Waals surface area (Å²) in [5.74, 6) is 1.33. The SMILES string of the molecule is CCOc1ccc(CN2C(=O)C(C)(c3ccccc3Cl)c3cc(Cl)ccc32)c(OC)c1. The number of halogens is 2. The van der Waals surface area contributed by atoms with E-state index in [1.807, 2.05) is 62.4 Å². The number of hydrogen-bond donors (Lipinski definition) is 0. The van der Waals surface area contributed by atoms with Crippen molar-refractivity contribution in [2.45, 2.75) is 25.8 Å². The van der Waals surface area contributed by atoms with Gasteiger partial charge in [0.15, 0.2) is 0 Å². The summed E-state index contributed by atoms with van der Waals surface area (Å²) in [4.78, 5) is 15.7. The molecule has 0 aromatic heterocycles. The molecule has 1 heterocycles. The predicted molar refractivity (Wildman–Crippen MR) is 125 cm³/mol. The molecule has 1 aliphatic rings. The highest BCUT2D eigenvalue weighted by Gasteiger charge is 2.49. The minimum Gasteiger partial charge on any atom is -0.496 e. The smallest absolute Gasteiger partial charge is 0.242 e. The summed E-state index contributed by atoms with van der Waals surface area (Å²) in [6.07, 6.45) is 0. The number of nitrogens with zero attached hydrogens (tertiary/aromatic N) is 1. The van der Waals surface area contributed by atoms with Crippen molar-refractivity contribution in [1.82, 2.24) is 0 Å². The van der Waals surface area contributed by atoms with E-state index in [9.17, 15) is 4.79 Å². The molecule has 4 nitrogen and oxygen atoms in total. The number of benzene rings is 3. The third-order valence-corrected chi connectivity index (χ3v) is 6.34. The number of anilines is 1. The van der Waals surface area contributed by atoms with Gasteiger partial charge in [0.05, 0.1) is 20.3 Å². The monoisotopic (exact) mass is 455 g/mol. The first-order valence-corrected chi connectivity index (χ1v) is 10.8. The van der Waals surface area contributed by atoms with Crippen LogP contribution in [0.2, 0.25) is 10.0 Å². The van der Waals surface area contributed by atoms with E-state index in [4.69, 9.17) is 32.7 Å². The molecule has 6 heteroatoms. The molecule has 160 valence electrons. The summed E-state index contributed by atoms with van der Waals surface area (Å²) in [5.41, 5.74) is 2.34. The highest BCUT2D eigenvalue weighted by atomic mass is 35.5. The van der Waals surface area contributed by atoms with Crippen LogP contribution in [0.5, 0.6) is 11.5 Å². The molecule has 4 rings (SSSR count). The Bertz CT molecular complexity index is 1150. The molecule has 31 heavy (non-hydrogen) atoms. The Morgan fingerprint density at radius 1 is 1.00 bits per heavy atom. The second-order valence-corrected chi connectivity index (χ2v) is 8.41. The summed E-state index contributed by atoms with van der Waals surface area (Å²) >= 11 is 12.9. The molecule has 3 aromatic carbocycles. The standard InChI is InChI=1S/C25H23Cl2NO3/c1-4-31-18-11-9-16(23(14-18)30-3)15-28-22-12-10-17(26)13-20(22)25(2,24(28)29)19-7-5-6-8-21(19)27/h5-14H,4,15H2,1-3H3. The zero-order valence-electron chi connectivity index (χ0n) is 17.6. The molecule has 0 saturated carbocycles. The maximum atomic E-state index is 13.9. The number of ether oxygens (including phenoxy) is 2. The van der Waals surface area contributed by atoms with Gasteiger partial charge in [-0.05, 0) is 61.4 Å². The lowest BCUT2D eigenvalue weighted by molar-refractivity contribution is -0.121. The van der Waals surface area contributed by atoms with Crippen molar-refractivity contribution in [2.75, 3.05) is 18.6 Å². The molecule has 0 radical (unpaired) electrons. The number of carbonyl (C=O) groups excluding carboxylic acids is 1. The molecular formula is C25H23Cl2NO3. The van der Waals surface area contributed by atoms with E-state index in [2.05, 4.69) is 0 Å². The van der Waals surface area contributed by atoms with E-state index in [1.165, 1.54) is 0 Å². The first-order chi connectivity index (χ1) is 14.9. The zero-order chi connectivity index (χ0) is 22.2. The van der Waals surface area contributed by atoms with Crippen LogP contribution in [-0.2, 0) is 16.8 Å². The van der Waals surface area contributed by atoms with Crippen molar-refractivity contribution in [1.29, 1.82) is 0 Å². The number of carbonyl (C=O) groups is 1. The molecule has 0 aliphatic carbocycles. The minimum absolute atomic E-state index is 0.0613. The fourth-order valence-electron chi connectivity index (χ4n) is 4.20. The maximum Gasteiger partial charge on any atom is 0.242 e. The highest BCUT2D eigenvalue weighted by Crippen LogP contribution is 2.49. The van der Waals surface area contributed by atoms with Crippen molar-refractivity contribution < 1.29 is 14.3 Å². The Morgan fingerprint density at radius 2 is 1.77 bits per heavy atom. The van der Waals surface area contributed by atoms with Gasteiger partial charge in [-0.15, -0.1) is 0 Å². The lowest BCUT2D eigenvalue weighted by Gasteiger charge is -2.26. The molecule has 0 N–H and O–H groups in total. The van der Waals surface area contributed by atoms with Gasteiger partial charge in [0, 0.05) is 27.4 Å². The Balaban J connectivity index is 1.81. The van der Waals surface area contributed by atoms with E-state index in [1.54, 1.807) is 24.1 Å². The number of hydrogen-bond acceptors (Lipinski definition) is 3. The number of methoxy groups -OCH3 is 1. The number of rotatable bonds is 6. The second-order valence-electron chi connectivity index (χ2n) is 7.56. The van der Waals surface area contributed by atoms with Gasteiger partial charge >= 0.3 is 0 Å². The third kappa shape index (κ3) is 3.64. The fourth-order valence-corrected chi connectivity index (χ4v) is 4.70. The van der Waals surface area contributed by atoms with Gasteiger partial charge in [-0.2, -0.15) is 0 Å². The normalized spacial score (nSPS) is 17.6. The summed E-state index contributed by atoms with van der Waals surface area (Å²) in [7, 11) is 1.61. The van der Waals surface area contributed by atoms with Crippen molar-refractivity contribution >= 4 is 34.8 Å². The third-order valence-electron chi connectivity index (χ3n) is 5.77. The second kappa shape index (κ2) is 8.45. The summed E-state index contributed by atoms with van der Waals surface area (Å²) in [5, 5.41) is 1.12. The average Bonchev–Trinajstić information content (AvgIpc) is 2.97. The lowest BCUT2D eigenvalue weighted by atomic mass is 9.77. The van der Waals surface area contributed by atoms with Crippen molar-refractivity contribution in [3.05, 3.63) is 87.4 Å². The van der Waals surface area contributed by atoms with Crippen LogP contribution in [0.25, 0.3) is 0 Å². The molecule has 1 unspecified atom stereocenters. The van der Waals surface area contributed by atoms with E-state index < -0.39 is 5.41 Å². The minimum atomic E-state index is -0.947. The van der Waals surface area contributed by atoms with E-state index in [0.29, 0.717) is 28.9 Å². The van der Waals surface area contributed by atoms with E-state index in [-0.39, 0.29) is 5.91 Å². The van der Waals surface area contributed by atoms with Crippen LogP contribution in [0.15, 0.2) is 60.7 Å². The van der Waals surface area contributed by atoms with Crippen LogP contribution < -0.4 is 14.4 Å². The number of fused-ring (bicyclic) bond motifs is 1. The van der Waals surface area contributed by atoms with Gasteiger partial charge in [-0.3, -0.25) is 4.79 Å². The summed E-state index contributed by atoms with van der Waals surface area (Å²) in [6.45, 7) is 4.75. The Labute approximate surface area is 192 Å². The van der Waals surface area contributed by atoms with Gasteiger partial charge in [0.1, 0.15) is 16.9 Å². The van der Waals surface area contributed by atoms with Crippen LogP contribution in [0, 0.1) is 0 Å². The topological polar surface area (TPSA) is 38.8 Å². The van der Waals surface area contributed by atoms with Crippen molar-refractivity contribution in [3.8, 4) is 11.5 Å². The molecule has 1 atom stereocenters. The van der Waals surface area contributed by atoms with E-state index in [0.717, 1.165) is 28.1 Å². The van der Waals surface area contributed by atoms with Gasteiger partial charge in [0.25, 0.3) is 0 Å². The van der Waals surface area contributed by atoms with Crippen LogP contribution in [0.1, 0.15) is 30.5 Å². The maximum absolute atomic E-state index is 13.9. The highest BCUT2D eigenvalue weighted by molar-refractivity contribution is 6.32. The van der Waals surface area contributed by atoms with Gasteiger partial charge in [-0.1, -0.05) is 41.4 Å². The van der Waals surface area contributed by atoms with E-state index >= 15 is 0 Å². The first kappa shape index (κ1) is 21.5. The first-order valence-electron chi connectivity index (χ1n) is 10.1. The van der Waals surface area contributed by atoms with Crippen LogP contribution in [0.3, 0.4) is 0 Å². The van der Waals surface area contributed by atoms with Crippen LogP contribution >= 0.6 is 23.2 Å². The Kier molecular flexibility index (Phi) is 5.87. The Hall–Kier alpha value is -2.69. The average molecular weight is 456 g/mol. The molecule has 0 saturated heterocycles. The molecule has 1 amide bonds.